The molecular weight excluding hydrogens is 256 g/mol. The number of rotatable bonds is 8. The largest absolute Gasteiger partial charge is 0.377 e. The number of methoxy groups -OCH3 is 1. The Hall–Kier alpha value is -0.650. The van der Waals surface area contributed by atoms with Crippen molar-refractivity contribution in [1.29, 1.82) is 0 Å². The summed E-state index contributed by atoms with van der Waals surface area (Å²) in [6, 6.07) is 0.0550. The Morgan fingerprint density at radius 3 is 2.50 bits per heavy atom. The molecule has 5 heteroatoms. The van der Waals surface area contributed by atoms with Crippen molar-refractivity contribution in [1.82, 2.24) is 10.2 Å². The van der Waals surface area contributed by atoms with E-state index < -0.39 is 0 Å². The fourth-order valence-electron chi connectivity index (χ4n) is 2.72. The van der Waals surface area contributed by atoms with Gasteiger partial charge >= 0.3 is 0 Å². The van der Waals surface area contributed by atoms with E-state index in [1.807, 2.05) is 6.92 Å². The number of carbonyl (C=O) groups excluding carboxylic acids is 1. The van der Waals surface area contributed by atoms with Crippen molar-refractivity contribution in [2.24, 2.45) is 5.92 Å². The molecule has 0 aromatic heterocycles. The molecule has 0 spiro atoms. The van der Waals surface area contributed by atoms with Gasteiger partial charge in [-0.1, -0.05) is 13.8 Å². The Labute approximate surface area is 123 Å². The predicted octanol–water partition coefficient (Wildman–Crippen LogP) is 1.27. The number of ether oxygens (including phenoxy) is 2. The van der Waals surface area contributed by atoms with Crippen LogP contribution in [0.5, 0.6) is 0 Å². The summed E-state index contributed by atoms with van der Waals surface area (Å²) < 4.78 is 11.1. The molecule has 1 fully saturated rings. The van der Waals surface area contributed by atoms with E-state index in [1.165, 1.54) is 0 Å². The van der Waals surface area contributed by atoms with E-state index in [-0.39, 0.29) is 30.2 Å². The van der Waals surface area contributed by atoms with Crippen molar-refractivity contribution in [3.8, 4) is 0 Å². The van der Waals surface area contributed by atoms with Crippen LogP contribution in [-0.4, -0.2) is 62.9 Å². The molecule has 1 aliphatic carbocycles. The van der Waals surface area contributed by atoms with Crippen LogP contribution in [0.2, 0.25) is 0 Å². The number of carbonyl (C=O) groups is 1. The van der Waals surface area contributed by atoms with E-state index >= 15 is 0 Å². The minimum atomic E-state index is -0.143. The van der Waals surface area contributed by atoms with Gasteiger partial charge in [-0.2, -0.15) is 0 Å². The SMILES string of the molecule is CCOC1CC(NC(CC(C)C)C(=O)N(C)C)C1OC. The molecule has 4 unspecified atom stereocenters. The standard InChI is InChI=1S/C15H30N2O3/c1-7-20-13-9-11(14(13)19-6)16-12(8-10(2)3)15(18)17(4)5/h10-14,16H,7-9H2,1-6H3. The normalized spacial score (nSPS) is 27.2. The summed E-state index contributed by atoms with van der Waals surface area (Å²) in [5.74, 6) is 0.605. The van der Waals surface area contributed by atoms with Crippen LogP contribution in [0.1, 0.15) is 33.6 Å². The van der Waals surface area contributed by atoms with Gasteiger partial charge in [0, 0.05) is 33.9 Å². The molecule has 0 heterocycles. The third kappa shape index (κ3) is 4.43. The molecule has 0 aromatic carbocycles. The van der Waals surface area contributed by atoms with Gasteiger partial charge in [0.15, 0.2) is 0 Å². The first-order valence-corrected chi connectivity index (χ1v) is 7.52. The minimum Gasteiger partial charge on any atom is -0.377 e. The van der Waals surface area contributed by atoms with Crippen molar-refractivity contribution < 1.29 is 14.3 Å². The molecule has 1 rings (SSSR count). The molecule has 20 heavy (non-hydrogen) atoms. The zero-order chi connectivity index (χ0) is 15.3. The van der Waals surface area contributed by atoms with Crippen LogP contribution < -0.4 is 5.32 Å². The number of hydrogen-bond donors (Lipinski definition) is 1. The fraction of sp³-hybridized carbons (Fsp3) is 0.933. The van der Waals surface area contributed by atoms with Gasteiger partial charge < -0.3 is 19.7 Å². The monoisotopic (exact) mass is 286 g/mol. The van der Waals surface area contributed by atoms with Crippen LogP contribution in [0.25, 0.3) is 0 Å². The van der Waals surface area contributed by atoms with Gasteiger partial charge in [-0.3, -0.25) is 4.79 Å². The molecule has 0 radical (unpaired) electrons. The average Bonchev–Trinajstić information content (AvgIpc) is 2.35. The van der Waals surface area contributed by atoms with E-state index in [0.717, 1.165) is 12.8 Å². The van der Waals surface area contributed by atoms with E-state index in [2.05, 4.69) is 19.2 Å². The molecule has 1 amide bonds. The zero-order valence-electron chi connectivity index (χ0n) is 13.7. The lowest BCUT2D eigenvalue weighted by Crippen LogP contribution is -2.63. The van der Waals surface area contributed by atoms with Crippen LogP contribution in [0.15, 0.2) is 0 Å². The van der Waals surface area contributed by atoms with Gasteiger partial charge in [-0.15, -0.1) is 0 Å². The first-order valence-electron chi connectivity index (χ1n) is 7.52. The van der Waals surface area contributed by atoms with E-state index in [9.17, 15) is 4.79 Å². The third-order valence-electron chi connectivity index (χ3n) is 3.76. The van der Waals surface area contributed by atoms with Gasteiger partial charge in [-0.25, -0.2) is 0 Å². The summed E-state index contributed by atoms with van der Waals surface area (Å²) in [6.45, 7) is 6.96. The smallest absolute Gasteiger partial charge is 0.239 e. The van der Waals surface area contributed by atoms with Crippen molar-refractivity contribution >= 4 is 5.91 Å². The molecular formula is C15H30N2O3. The molecule has 118 valence electrons. The van der Waals surface area contributed by atoms with Crippen molar-refractivity contribution in [2.45, 2.75) is 57.9 Å². The molecule has 0 aromatic rings. The highest BCUT2D eigenvalue weighted by Gasteiger charge is 2.43. The highest BCUT2D eigenvalue weighted by molar-refractivity contribution is 5.81. The third-order valence-corrected chi connectivity index (χ3v) is 3.76. The van der Waals surface area contributed by atoms with Crippen LogP contribution in [0, 0.1) is 5.92 Å². The molecule has 4 atom stereocenters. The lowest BCUT2D eigenvalue weighted by atomic mass is 9.84. The van der Waals surface area contributed by atoms with E-state index in [4.69, 9.17) is 9.47 Å². The fourth-order valence-corrected chi connectivity index (χ4v) is 2.72. The molecule has 1 N–H and O–H groups in total. The summed E-state index contributed by atoms with van der Waals surface area (Å²) in [7, 11) is 5.31. The molecule has 0 aliphatic heterocycles. The Bertz CT molecular complexity index is 307. The number of amides is 1. The van der Waals surface area contributed by atoms with Crippen LogP contribution in [0.4, 0.5) is 0 Å². The number of hydrogen-bond acceptors (Lipinski definition) is 4. The maximum Gasteiger partial charge on any atom is 0.239 e. The van der Waals surface area contributed by atoms with Crippen molar-refractivity contribution in [3.63, 3.8) is 0 Å². The summed E-state index contributed by atoms with van der Waals surface area (Å²) in [6.07, 6.45) is 1.93. The summed E-state index contributed by atoms with van der Waals surface area (Å²) in [4.78, 5) is 13.9. The van der Waals surface area contributed by atoms with E-state index in [0.29, 0.717) is 12.5 Å². The van der Waals surface area contributed by atoms with Crippen molar-refractivity contribution in [3.05, 3.63) is 0 Å². The lowest BCUT2D eigenvalue weighted by Gasteiger charge is -2.45. The number of nitrogens with one attached hydrogen (secondary N) is 1. The Balaban J connectivity index is 2.59. The highest BCUT2D eigenvalue weighted by Crippen LogP contribution is 2.28. The zero-order valence-corrected chi connectivity index (χ0v) is 13.7. The summed E-state index contributed by atoms with van der Waals surface area (Å²) in [5, 5.41) is 3.46. The van der Waals surface area contributed by atoms with E-state index in [1.54, 1.807) is 26.1 Å². The van der Waals surface area contributed by atoms with Gasteiger partial charge in [0.05, 0.1) is 18.2 Å². The molecule has 0 bridgehead atoms. The summed E-state index contributed by atoms with van der Waals surface area (Å²) in [5.41, 5.74) is 0. The van der Waals surface area contributed by atoms with Crippen LogP contribution in [-0.2, 0) is 14.3 Å². The molecule has 1 saturated carbocycles. The highest BCUT2D eigenvalue weighted by atomic mass is 16.5. The second-order valence-electron chi connectivity index (χ2n) is 6.12. The Kier molecular flexibility index (Phi) is 6.92. The van der Waals surface area contributed by atoms with Gasteiger partial charge in [0.2, 0.25) is 5.91 Å². The summed E-state index contributed by atoms with van der Waals surface area (Å²) >= 11 is 0. The second kappa shape index (κ2) is 7.96. The number of likely N-dealkylation sites (N-methyl/N-ethyl adjacent to an activating group) is 1. The molecule has 0 saturated heterocycles. The Morgan fingerprint density at radius 2 is 2.05 bits per heavy atom. The van der Waals surface area contributed by atoms with Crippen LogP contribution >= 0.6 is 0 Å². The maximum absolute atomic E-state index is 12.2. The topological polar surface area (TPSA) is 50.8 Å². The maximum atomic E-state index is 12.2. The minimum absolute atomic E-state index is 0.0413. The van der Waals surface area contributed by atoms with Crippen molar-refractivity contribution in [2.75, 3.05) is 27.8 Å². The Morgan fingerprint density at radius 1 is 1.40 bits per heavy atom. The van der Waals surface area contributed by atoms with Gasteiger partial charge in [0.1, 0.15) is 0 Å². The number of nitrogens with zero attached hydrogens (tertiary/aromatic N) is 1. The first kappa shape index (κ1) is 17.4. The molecule has 1 aliphatic rings. The van der Waals surface area contributed by atoms with Gasteiger partial charge in [0.25, 0.3) is 0 Å². The second-order valence-corrected chi connectivity index (χ2v) is 6.12. The predicted molar refractivity (Wildman–Crippen MR) is 79.7 cm³/mol. The van der Waals surface area contributed by atoms with Gasteiger partial charge in [-0.05, 0) is 25.7 Å². The molecule has 5 nitrogen and oxygen atoms in total. The first-order chi connectivity index (χ1) is 9.40. The average molecular weight is 286 g/mol. The van der Waals surface area contributed by atoms with Crippen LogP contribution in [0.3, 0.4) is 0 Å². The lowest BCUT2D eigenvalue weighted by molar-refractivity contribution is -0.142. The quantitative estimate of drug-likeness (QED) is 0.730.